The summed E-state index contributed by atoms with van der Waals surface area (Å²) in [5, 5.41) is 3.22. The first-order chi connectivity index (χ1) is 8.79. The summed E-state index contributed by atoms with van der Waals surface area (Å²) in [4.78, 5) is 12.1. The molecule has 0 aromatic heterocycles. The molecular weight excluding hydrogens is 222 g/mol. The molecule has 1 aromatic carbocycles. The summed E-state index contributed by atoms with van der Waals surface area (Å²) in [6.07, 6.45) is 5.92. The zero-order valence-electron chi connectivity index (χ0n) is 11.2. The second-order valence-corrected chi connectivity index (χ2v) is 5.31. The molecule has 1 saturated carbocycles. The fourth-order valence-electron chi connectivity index (χ4n) is 2.78. The lowest BCUT2D eigenvalue weighted by Crippen LogP contribution is -2.26. The van der Waals surface area contributed by atoms with Crippen LogP contribution in [-0.4, -0.2) is 12.3 Å². The average molecular weight is 245 g/mol. The Morgan fingerprint density at radius 2 is 1.83 bits per heavy atom. The lowest BCUT2D eigenvalue weighted by atomic mass is 9.79. The topological polar surface area (TPSA) is 29.1 Å². The number of hydrogen-bond donors (Lipinski definition) is 1. The van der Waals surface area contributed by atoms with E-state index < -0.39 is 0 Å². The maximum absolute atomic E-state index is 12.1. The number of ketones is 1. The third-order valence-electron chi connectivity index (χ3n) is 4.12. The minimum Gasteiger partial charge on any atom is -0.378 e. The van der Waals surface area contributed by atoms with Gasteiger partial charge in [0.15, 0.2) is 5.78 Å². The molecule has 0 bridgehead atoms. The van der Waals surface area contributed by atoms with Crippen molar-refractivity contribution in [2.24, 2.45) is 11.8 Å². The minimum absolute atomic E-state index is 0.295. The molecule has 2 rings (SSSR count). The molecule has 98 valence electrons. The molecule has 0 heterocycles. The molecule has 2 nitrogen and oxygen atoms in total. The summed E-state index contributed by atoms with van der Waals surface area (Å²) in [5.74, 6) is 1.54. The molecule has 2 heteroatoms. The first-order valence-electron chi connectivity index (χ1n) is 7.11. The van der Waals surface area contributed by atoms with Crippen molar-refractivity contribution in [3.63, 3.8) is 0 Å². The predicted octanol–water partition coefficient (Wildman–Crippen LogP) is 3.88. The smallest absolute Gasteiger partial charge is 0.154 e. The first kappa shape index (κ1) is 13.1. The van der Waals surface area contributed by atoms with Gasteiger partial charge in [-0.3, -0.25) is 4.79 Å². The van der Waals surface area contributed by atoms with Crippen LogP contribution >= 0.6 is 0 Å². The van der Waals surface area contributed by atoms with Crippen LogP contribution in [0, 0.1) is 11.8 Å². The van der Waals surface area contributed by atoms with E-state index in [0.717, 1.165) is 24.4 Å². The fourth-order valence-corrected chi connectivity index (χ4v) is 2.78. The van der Waals surface area contributed by atoms with E-state index in [0.29, 0.717) is 18.2 Å². The molecule has 0 amide bonds. The normalized spacial score (nSPS) is 23.6. The Hall–Kier alpha value is -1.31. The highest BCUT2D eigenvalue weighted by atomic mass is 16.1. The molecule has 1 fully saturated rings. The van der Waals surface area contributed by atoms with E-state index in [1.54, 1.807) is 0 Å². The minimum atomic E-state index is 0.295. The van der Waals surface area contributed by atoms with Gasteiger partial charge in [-0.2, -0.15) is 0 Å². The summed E-state index contributed by atoms with van der Waals surface area (Å²) >= 11 is 0. The maximum Gasteiger partial charge on any atom is 0.154 e. The molecule has 1 N–H and O–H groups in total. The molecule has 0 saturated heterocycles. The van der Waals surface area contributed by atoms with E-state index in [2.05, 4.69) is 12.2 Å². The summed E-state index contributed by atoms with van der Waals surface area (Å²) < 4.78 is 0. The highest BCUT2D eigenvalue weighted by molar-refractivity contribution is 5.85. The van der Waals surface area contributed by atoms with Crippen LogP contribution in [0.4, 0.5) is 5.69 Å². The fraction of sp³-hybridized carbons (Fsp3) is 0.562. The summed E-state index contributed by atoms with van der Waals surface area (Å²) in [6.45, 7) is 2.73. The van der Waals surface area contributed by atoms with Gasteiger partial charge in [-0.25, -0.2) is 0 Å². The lowest BCUT2D eigenvalue weighted by molar-refractivity contribution is -0.122. The van der Waals surface area contributed by atoms with Gasteiger partial charge in [-0.1, -0.05) is 31.5 Å². The predicted molar refractivity (Wildman–Crippen MR) is 75.7 cm³/mol. The SMILES string of the molecule is CCC1CCC(C(=O)CNc2ccccc2)CC1. The molecule has 18 heavy (non-hydrogen) atoms. The molecular formula is C16H23NO. The van der Waals surface area contributed by atoms with Crippen molar-refractivity contribution in [1.82, 2.24) is 0 Å². The van der Waals surface area contributed by atoms with Crippen LogP contribution in [0.1, 0.15) is 39.0 Å². The van der Waals surface area contributed by atoms with Crippen molar-refractivity contribution in [2.75, 3.05) is 11.9 Å². The highest BCUT2D eigenvalue weighted by Gasteiger charge is 2.24. The third kappa shape index (κ3) is 3.59. The molecule has 1 aliphatic carbocycles. The Bertz CT molecular complexity index is 366. The van der Waals surface area contributed by atoms with Crippen molar-refractivity contribution in [1.29, 1.82) is 0 Å². The van der Waals surface area contributed by atoms with Crippen LogP contribution in [0.15, 0.2) is 30.3 Å². The Morgan fingerprint density at radius 1 is 1.17 bits per heavy atom. The second kappa shape index (κ2) is 6.58. The van der Waals surface area contributed by atoms with Gasteiger partial charge in [0, 0.05) is 11.6 Å². The second-order valence-electron chi connectivity index (χ2n) is 5.31. The van der Waals surface area contributed by atoms with E-state index in [1.807, 2.05) is 30.3 Å². The van der Waals surface area contributed by atoms with Crippen molar-refractivity contribution in [3.8, 4) is 0 Å². The van der Waals surface area contributed by atoms with Gasteiger partial charge < -0.3 is 5.32 Å². The average Bonchev–Trinajstić information content (AvgIpc) is 2.46. The molecule has 1 aromatic rings. The quantitative estimate of drug-likeness (QED) is 0.852. The largest absolute Gasteiger partial charge is 0.378 e. The van der Waals surface area contributed by atoms with Gasteiger partial charge in [0.2, 0.25) is 0 Å². The number of benzene rings is 1. The van der Waals surface area contributed by atoms with E-state index >= 15 is 0 Å². The van der Waals surface area contributed by atoms with Gasteiger partial charge in [-0.15, -0.1) is 0 Å². The Morgan fingerprint density at radius 3 is 2.44 bits per heavy atom. The van der Waals surface area contributed by atoms with E-state index in [4.69, 9.17) is 0 Å². The molecule has 0 aliphatic heterocycles. The van der Waals surface area contributed by atoms with Crippen molar-refractivity contribution < 1.29 is 4.79 Å². The van der Waals surface area contributed by atoms with E-state index in [1.165, 1.54) is 19.3 Å². The number of carbonyl (C=O) groups excluding carboxylic acids is 1. The number of carbonyl (C=O) groups is 1. The first-order valence-corrected chi connectivity index (χ1v) is 7.11. The van der Waals surface area contributed by atoms with Crippen LogP contribution in [0.3, 0.4) is 0 Å². The molecule has 0 spiro atoms. The molecule has 1 aliphatic rings. The van der Waals surface area contributed by atoms with Crippen molar-refractivity contribution in [3.05, 3.63) is 30.3 Å². The summed E-state index contributed by atoms with van der Waals surface area (Å²) in [5.41, 5.74) is 1.04. The number of para-hydroxylation sites is 1. The molecule has 0 atom stereocenters. The van der Waals surface area contributed by atoms with E-state index in [9.17, 15) is 4.79 Å². The number of rotatable bonds is 5. The van der Waals surface area contributed by atoms with Crippen molar-refractivity contribution in [2.45, 2.75) is 39.0 Å². The maximum atomic E-state index is 12.1. The van der Waals surface area contributed by atoms with Crippen LogP contribution in [0.5, 0.6) is 0 Å². The van der Waals surface area contributed by atoms with Gasteiger partial charge >= 0.3 is 0 Å². The van der Waals surface area contributed by atoms with Crippen LogP contribution in [0.25, 0.3) is 0 Å². The van der Waals surface area contributed by atoms with Crippen LogP contribution in [-0.2, 0) is 4.79 Å². The number of hydrogen-bond acceptors (Lipinski definition) is 2. The van der Waals surface area contributed by atoms with Crippen LogP contribution < -0.4 is 5.32 Å². The highest BCUT2D eigenvalue weighted by Crippen LogP contribution is 2.31. The zero-order chi connectivity index (χ0) is 12.8. The van der Waals surface area contributed by atoms with E-state index in [-0.39, 0.29) is 0 Å². The zero-order valence-corrected chi connectivity index (χ0v) is 11.2. The standard InChI is InChI=1S/C16H23NO/c1-2-13-8-10-14(11-9-13)16(18)12-17-15-6-4-3-5-7-15/h3-7,13-14,17H,2,8-12H2,1H3. The summed E-state index contributed by atoms with van der Waals surface area (Å²) in [6, 6.07) is 9.96. The van der Waals surface area contributed by atoms with Gasteiger partial charge in [0.25, 0.3) is 0 Å². The van der Waals surface area contributed by atoms with Gasteiger partial charge in [-0.05, 0) is 43.7 Å². The molecule has 0 radical (unpaired) electrons. The molecule has 0 unspecified atom stereocenters. The Labute approximate surface area is 110 Å². The number of anilines is 1. The Balaban J connectivity index is 1.75. The summed E-state index contributed by atoms with van der Waals surface area (Å²) in [7, 11) is 0. The monoisotopic (exact) mass is 245 g/mol. The third-order valence-corrected chi connectivity index (χ3v) is 4.12. The van der Waals surface area contributed by atoms with Crippen molar-refractivity contribution >= 4 is 11.5 Å². The number of nitrogens with one attached hydrogen (secondary N) is 1. The number of Topliss-reactive ketones (excluding diaryl/α,β-unsaturated/α-hetero) is 1. The lowest BCUT2D eigenvalue weighted by Gasteiger charge is -2.26. The Kier molecular flexibility index (Phi) is 4.80. The van der Waals surface area contributed by atoms with Crippen LogP contribution in [0.2, 0.25) is 0 Å². The van der Waals surface area contributed by atoms with Gasteiger partial charge in [0.05, 0.1) is 6.54 Å². The van der Waals surface area contributed by atoms with Gasteiger partial charge in [0.1, 0.15) is 0 Å².